The van der Waals surface area contributed by atoms with Gasteiger partial charge in [0.05, 0.1) is 22.3 Å². The minimum absolute atomic E-state index is 0.249. The molecule has 0 saturated heterocycles. The maximum absolute atomic E-state index is 13.0. The van der Waals surface area contributed by atoms with Crippen LogP contribution in [0.1, 0.15) is 11.1 Å². The average molecular weight is 380 g/mol. The van der Waals surface area contributed by atoms with Gasteiger partial charge in [0.1, 0.15) is 0 Å². The first-order chi connectivity index (χ1) is 12.9. The molecule has 136 valence electrons. The van der Waals surface area contributed by atoms with Crippen molar-refractivity contribution >= 4 is 15.5 Å². The summed E-state index contributed by atoms with van der Waals surface area (Å²) in [6.45, 7) is 3.60. The van der Waals surface area contributed by atoms with Crippen molar-refractivity contribution in [2.24, 2.45) is 0 Å². The molecule has 0 amide bonds. The van der Waals surface area contributed by atoms with E-state index < -0.39 is 9.84 Å². The fourth-order valence-corrected chi connectivity index (χ4v) is 4.64. The molecule has 0 spiro atoms. The molecule has 2 aromatic heterocycles. The van der Waals surface area contributed by atoms with Crippen LogP contribution in [0.3, 0.4) is 0 Å². The van der Waals surface area contributed by atoms with Crippen molar-refractivity contribution in [3.05, 3.63) is 76.6 Å². The standard InChI is InChI=1S/C19H16N4O3S/c1-12-4-3-5-15(8-12)27(25,26)17-7-6-14(9-13(17)2)16-10-22-23-18(16)20-11-21-19(23)24/h3-11H,1-2H3,(H,20,21,24). The van der Waals surface area contributed by atoms with Crippen LogP contribution in [0, 0.1) is 13.8 Å². The first-order valence-corrected chi connectivity index (χ1v) is 9.70. The van der Waals surface area contributed by atoms with Crippen molar-refractivity contribution in [3.8, 4) is 11.1 Å². The molecule has 0 fully saturated rings. The lowest BCUT2D eigenvalue weighted by atomic mass is 10.1. The number of rotatable bonds is 3. The van der Waals surface area contributed by atoms with E-state index in [1.807, 2.05) is 13.0 Å². The fraction of sp³-hybridized carbons (Fsp3) is 0.105. The molecule has 0 aliphatic carbocycles. The van der Waals surface area contributed by atoms with Crippen molar-refractivity contribution in [1.82, 2.24) is 19.6 Å². The Kier molecular flexibility index (Phi) is 3.92. The van der Waals surface area contributed by atoms with Gasteiger partial charge in [-0.05, 0) is 54.8 Å². The molecular weight excluding hydrogens is 364 g/mol. The van der Waals surface area contributed by atoms with Crippen LogP contribution in [0.2, 0.25) is 0 Å². The summed E-state index contributed by atoms with van der Waals surface area (Å²) in [5, 5.41) is 4.04. The molecule has 2 aromatic carbocycles. The molecule has 4 rings (SSSR count). The van der Waals surface area contributed by atoms with Crippen LogP contribution < -0.4 is 5.69 Å². The highest BCUT2D eigenvalue weighted by atomic mass is 32.2. The highest BCUT2D eigenvalue weighted by Crippen LogP contribution is 2.29. The lowest BCUT2D eigenvalue weighted by Gasteiger charge is -2.10. The molecule has 0 aliphatic rings. The van der Waals surface area contributed by atoms with Gasteiger partial charge in [-0.25, -0.2) is 18.2 Å². The zero-order valence-corrected chi connectivity index (χ0v) is 15.5. The van der Waals surface area contributed by atoms with Crippen LogP contribution in [0.15, 0.2) is 69.6 Å². The van der Waals surface area contributed by atoms with E-state index in [2.05, 4.69) is 15.1 Å². The largest absolute Gasteiger partial charge is 0.349 e. The van der Waals surface area contributed by atoms with Gasteiger partial charge in [-0.15, -0.1) is 0 Å². The highest BCUT2D eigenvalue weighted by Gasteiger charge is 2.21. The molecule has 27 heavy (non-hydrogen) atoms. The average Bonchev–Trinajstić information content (AvgIpc) is 3.07. The zero-order chi connectivity index (χ0) is 19.2. The minimum atomic E-state index is -3.62. The van der Waals surface area contributed by atoms with E-state index in [1.165, 1.54) is 10.8 Å². The van der Waals surface area contributed by atoms with Crippen molar-refractivity contribution in [3.63, 3.8) is 0 Å². The minimum Gasteiger partial charge on any atom is -0.296 e. The third kappa shape index (κ3) is 2.83. The van der Waals surface area contributed by atoms with Crippen LogP contribution in [0.5, 0.6) is 0 Å². The number of fused-ring (bicyclic) bond motifs is 1. The highest BCUT2D eigenvalue weighted by molar-refractivity contribution is 7.91. The summed E-state index contributed by atoms with van der Waals surface area (Å²) in [6, 6.07) is 11.9. The summed E-state index contributed by atoms with van der Waals surface area (Å²) in [4.78, 5) is 18.9. The molecule has 0 saturated carbocycles. The Morgan fingerprint density at radius 3 is 2.63 bits per heavy atom. The monoisotopic (exact) mass is 380 g/mol. The third-order valence-electron chi connectivity index (χ3n) is 4.39. The predicted molar refractivity (Wildman–Crippen MR) is 100 cm³/mol. The van der Waals surface area contributed by atoms with E-state index in [-0.39, 0.29) is 15.5 Å². The number of nitrogens with one attached hydrogen (secondary N) is 1. The molecule has 7 nitrogen and oxygen atoms in total. The van der Waals surface area contributed by atoms with Gasteiger partial charge in [-0.1, -0.05) is 18.2 Å². The Morgan fingerprint density at radius 2 is 1.89 bits per heavy atom. The van der Waals surface area contributed by atoms with E-state index >= 15 is 0 Å². The van der Waals surface area contributed by atoms with Crippen molar-refractivity contribution < 1.29 is 8.42 Å². The Morgan fingerprint density at radius 1 is 1.07 bits per heavy atom. The van der Waals surface area contributed by atoms with Gasteiger partial charge in [-0.3, -0.25) is 4.98 Å². The van der Waals surface area contributed by atoms with E-state index in [1.54, 1.807) is 49.5 Å². The molecule has 0 unspecified atom stereocenters. The quantitative estimate of drug-likeness (QED) is 0.589. The number of hydrogen-bond acceptors (Lipinski definition) is 5. The molecule has 0 bridgehead atoms. The number of H-pyrrole nitrogens is 1. The normalized spacial score (nSPS) is 11.8. The smallest absolute Gasteiger partial charge is 0.296 e. The van der Waals surface area contributed by atoms with Crippen LogP contribution >= 0.6 is 0 Å². The summed E-state index contributed by atoms with van der Waals surface area (Å²) in [6.07, 6.45) is 2.85. The van der Waals surface area contributed by atoms with Gasteiger partial charge in [0, 0.05) is 5.56 Å². The number of aryl methyl sites for hydroxylation is 2. The Balaban J connectivity index is 1.83. The van der Waals surface area contributed by atoms with Gasteiger partial charge in [-0.2, -0.15) is 9.61 Å². The Bertz CT molecular complexity index is 1340. The van der Waals surface area contributed by atoms with E-state index in [4.69, 9.17) is 0 Å². The SMILES string of the molecule is Cc1cccc(S(=O)(=O)c2ccc(-c3cnn4c(=O)[nH]cnc34)cc2C)c1. The first-order valence-electron chi connectivity index (χ1n) is 8.22. The van der Waals surface area contributed by atoms with Crippen LogP contribution in [-0.2, 0) is 9.84 Å². The molecule has 8 heteroatoms. The number of hydrogen-bond donors (Lipinski definition) is 1. The summed E-state index contributed by atoms with van der Waals surface area (Å²) in [5.41, 5.74) is 2.91. The summed E-state index contributed by atoms with van der Waals surface area (Å²) in [5.74, 6) is 0. The second-order valence-corrected chi connectivity index (χ2v) is 8.22. The zero-order valence-electron chi connectivity index (χ0n) is 14.7. The molecular formula is C19H16N4O3S. The van der Waals surface area contributed by atoms with E-state index in [0.717, 1.165) is 11.1 Å². The molecule has 0 aliphatic heterocycles. The van der Waals surface area contributed by atoms with E-state index in [9.17, 15) is 13.2 Å². The molecule has 2 heterocycles. The van der Waals surface area contributed by atoms with Gasteiger partial charge in [0.25, 0.3) is 0 Å². The topological polar surface area (TPSA) is 97.2 Å². The lowest BCUT2D eigenvalue weighted by Crippen LogP contribution is -2.17. The van der Waals surface area contributed by atoms with Crippen LogP contribution in [0.4, 0.5) is 0 Å². The predicted octanol–water partition coefficient (Wildman–Crippen LogP) is 2.53. The summed E-state index contributed by atoms with van der Waals surface area (Å²) in [7, 11) is -3.62. The fourth-order valence-electron chi connectivity index (χ4n) is 3.06. The Labute approximate surface area is 155 Å². The molecule has 4 aromatic rings. The molecule has 0 atom stereocenters. The first kappa shape index (κ1) is 17.2. The number of benzene rings is 2. The number of sulfone groups is 1. The van der Waals surface area contributed by atoms with Gasteiger partial charge >= 0.3 is 5.69 Å². The molecule has 0 radical (unpaired) electrons. The van der Waals surface area contributed by atoms with Crippen molar-refractivity contribution in [2.45, 2.75) is 23.6 Å². The van der Waals surface area contributed by atoms with Crippen LogP contribution in [0.25, 0.3) is 16.8 Å². The van der Waals surface area contributed by atoms with Gasteiger partial charge in [0.15, 0.2) is 5.65 Å². The maximum atomic E-state index is 13.0. The molecule has 1 N–H and O–H groups in total. The van der Waals surface area contributed by atoms with Crippen molar-refractivity contribution in [1.29, 1.82) is 0 Å². The number of nitrogens with zero attached hydrogens (tertiary/aromatic N) is 3. The Hall–Kier alpha value is -3.26. The lowest BCUT2D eigenvalue weighted by molar-refractivity contribution is 0.595. The second-order valence-electron chi connectivity index (χ2n) is 6.30. The second kappa shape index (κ2) is 6.17. The van der Waals surface area contributed by atoms with Gasteiger partial charge < -0.3 is 0 Å². The maximum Gasteiger partial charge on any atom is 0.349 e. The van der Waals surface area contributed by atoms with E-state index in [0.29, 0.717) is 16.8 Å². The third-order valence-corrected chi connectivity index (χ3v) is 6.30. The summed E-state index contributed by atoms with van der Waals surface area (Å²) >= 11 is 0. The van der Waals surface area contributed by atoms with Crippen molar-refractivity contribution in [2.75, 3.05) is 0 Å². The van der Waals surface area contributed by atoms with Gasteiger partial charge in [0.2, 0.25) is 9.84 Å². The van der Waals surface area contributed by atoms with Crippen LogP contribution in [-0.4, -0.2) is 28.0 Å². The number of aromatic amines is 1. The summed E-state index contributed by atoms with van der Waals surface area (Å²) < 4.78 is 27.1. The number of aromatic nitrogens is 4.